The van der Waals surface area contributed by atoms with Crippen LogP contribution in [-0.4, -0.2) is 30.5 Å². The summed E-state index contributed by atoms with van der Waals surface area (Å²) in [5, 5.41) is 2.88. The highest BCUT2D eigenvalue weighted by Crippen LogP contribution is 2.01. The van der Waals surface area contributed by atoms with Gasteiger partial charge in [0, 0.05) is 24.7 Å². The molecule has 0 spiro atoms. The minimum atomic E-state index is -0.129. The lowest BCUT2D eigenvalue weighted by Crippen LogP contribution is -2.25. The summed E-state index contributed by atoms with van der Waals surface area (Å²) in [6, 6.07) is 0. The SMILES string of the molecule is C=N/C=C\C=C(/C)C(=O)NCCCC(=O)SC. The molecule has 0 radical (unpaired) electrons. The third-order valence-corrected chi connectivity index (χ3v) is 2.63. The molecular formula is C12H18N2O2S. The van der Waals surface area contributed by atoms with Gasteiger partial charge < -0.3 is 5.32 Å². The van der Waals surface area contributed by atoms with Crippen LogP contribution in [0, 0.1) is 0 Å². The second-order valence-electron chi connectivity index (χ2n) is 3.31. The van der Waals surface area contributed by atoms with Crippen LogP contribution in [0.5, 0.6) is 0 Å². The van der Waals surface area contributed by atoms with E-state index in [2.05, 4.69) is 17.0 Å². The van der Waals surface area contributed by atoms with Crippen molar-refractivity contribution in [2.24, 2.45) is 4.99 Å². The number of carbonyl (C=O) groups is 2. The molecule has 0 unspecified atom stereocenters. The number of allylic oxidation sites excluding steroid dienone is 2. The van der Waals surface area contributed by atoms with Gasteiger partial charge in [-0.15, -0.1) is 0 Å². The summed E-state index contributed by atoms with van der Waals surface area (Å²) in [5.41, 5.74) is 0.598. The molecule has 0 atom stereocenters. The summed E-state index contributed by atoms with van der Waals surface area (Å²) in [6.07, 6.45) is 7.74. The molecule has 5 heteroatoms. The summed E-state index contributed by atoms with van der Waals surface area (Å²) in [4.78, 5) is 26.0. The molecule has 1 N–H and O–H groups in total. The smallest absolute Gasteiger partial charge is 0.246 e. The van der Waals surface area contributed by atoms with Gasteiger partial charge in [-0.3, -0.25) is 14.6 Å². The maximum atomic E-state index is 11.5. The Bertz CT molecular complexity index is 335. The first-order chi connectivity index (χ1) is 8.11. The number of hydrogen-bond donors (Lipinski definition) is 1. The molecule has 0 aliphatic heterocycles. The van der Waals surface area contributed by atoms with Gasteiger partial charge in [0.05, 0.1) is 0 Å². The number of aliphatic imine (C=N–C) groups is 1. The van der Waals surface area contributed by atoms with Gasteiger partial charge >= 0.3 is 0 Å². The minimum Gasteiger partial charge on any atom is -0.352 e. The van der Waals surface area contributed by atoms with Crippen LogP contribution in [0.3, 0.4) is 0 Å². The average molecular weight is 254 g/mol. The van der Waals surface area contributed by atoms with E-state index in [9.17, 15) is 9.59 Å². The van der Waals surface area contributed by atoms with Crippen LogP contribution in [-0.2, 0) is 9.59 Å². The van der Waals surface area contributed by atoms with Crippen molar-refractivity contribution in [3.63, 3.8) is 0 Å². The Labute approximate surface area is 106 Å². The Kier molecular flexibility index (Phi) is 9.05. The standard InChI is InChI=1S/C12H18N2O2S/c1-10(6-4-8-13-2)12(16)14-9-5-7-11(15)17-3/h4,6,8H,2,5,7,9H2,1,3H3,(H,14,16)/b8-4-,10-6+. The molecule has 0 rings (SSSR count). The molecule has 17 heavy (non-hydrogen) atoms. The first-order valence-electron chi connectivity index (χ1n) is 5.26. The van der Waals surface area contributed by atoms with Crippen molar-refractivity contribution in [3.05, 3.63) is 23.9 Å². The Morgan fingerprint density at radius 2 is 2.18 bits per heavy atom. The second kappa shape index (κ2) is 9.84. The summed E-state index contributed by atoms with van der Waals surface area (Å²) in [5.74, 6) is -0.129. The van der Waals surface area contributed by atoms with Gasteiger partial charge in [-0.2, -0.15) is 0 Å². The van der Waals surface area contributed by atoms with Gasteiger partial charge in [0.15, 0.2) is 5.12 Å². The van der Waals surface area contributed by atoms with Crippen molar-refractivity contribution in [1.29, 1.82) is 0 Å². The fourth-order valence-electron chi connectivity index (χ4n) is 1.00. The van der Waals surface area contributed by atoms with Gasteiger partial charge in [-0.05, 0) is 32.4 Å². The maximum absolute atomic E-state index is 11.5. The van der Waals surface area contributed by atoms with Crippen LogP contribution >= 0.6 is 11.8 Å². The molecule has 0 saturated heterocycles. The number of nitrogens with one attached hydrogen (secondary N) is 1. The van der Waals surface area contributed by atoms with E-state index < -0.39 is 0 Å². The van der Waals surface area contributed by atoms with E-state index in [0.29, 0.717) is 25.0 Å². The third-order valence-electron chi connectivity index (χ3n) is 1.97. The lowest BCUT2D eigenvalue weighted by atomic mass is 10.2. The molecule has 0 aromatic rings. The molecule has 0 aromatic heterocycles. The summed E-state index contributed by atoms with van der Waals surface area (Å²) >= 11 is 1.22. The van der Waals surface area contributed by atoms with E-state index in [4.69, 9.17) is 0 Å². The molecule has 0 aliphatic rings. The average Bonchev–Trinajstić information content (AvgIpc) is 2.34. The number of hydrogen-bond acceptors (Lipinski definition) is 4. The van der Waals surface area contributed by atoms with Crippen LogP contribution in [0.2, 0.25) is 0 Å². The molecule has 4 nitrogen and oxygen atoms in total. The molecular weight excluding hydrogens is 236 g/mol. The zero-order valence-corrected chi connectivity index (χ0v) is 11.0. The van der Waals surface area contributed by atoms with Gasteiger partial charge in [-0.1, -0.05) is 17.8 Å². The largest absolute Gasteiger partial charge is 0.352 e. The highest BCUT2D eigenvalue weighted by atomic mass is 32.2. The number of carbonyl (C=O) groups excluding carboxylic acids is 2. The predicted molar refractivity (Wildman–Crippen MR) is 73.2 cm³/mol. The van der Waals surface area contributed by atoms with Crippen molar-refractivity contribution in [3.8, 4) is 0 Å². The molecule has 0 heterocycles. The van der Waals surface area contributed by atoms with Crippen LogP contribution in [0.1, 0.15) is 19.8 Å². The van der Waals surface area contributed by atoms with Crippen molar-refractivity contribution >= 4 is 29.5 Å². The summed E-state index contributed by atoms with van der Waals surface area (Å²) in [7, 11) is 0. The summed E-state index contributed by atoms with van der Waals surface area (Å²) < 4.78 is 0. The lowest BCUT2D eigenvalue weighted by molar-refractivity contribution is -0.117. The second-order valence-corrected chi connectivity index (χ2v) is 4.17. The van der Waals surface area contributed by atoms with E-state index in [1.54, 1.807) is 25.3 Å². The van der Waals surface area contributed by atoms with Gasteiger partial charge in [-0.25, -0.2) is 0 Å². The Morgan fingerprint density at radius 3 is 2.76 bits per heavy atom. The molecule has 0 fully saturated rings. The highest BCUT2D eigenvalue weighted by Gasteiger charge is 2.03. The topological polar surface area (TPSA) is 58.5 Å². The molecule has 94 valence electrons. The zero-order chi connectivity index (χ0) is 13.1. The normalized spacial score (nSPS) is 11.5. The molecule has 0 aromatic carbocycles. The Balaban J connectivity index is 3.86. The first-order valence-corrected chi connectivity index (χ1v) is 6.48. The van der Waals surface area contributed by atoms with Crippen molar-refractivity contribution in [2.45, 2.75) is 19.8 Å². The predicted octanol–water partition coefficient (Wildman–Crippen LogP) is 1.93. The quantitative estimate of drug-likeness (QED) is 0.327. The van der Waals surface area contributed by atoms with Crippen LogP contribution in [0.4, 0.5) is 0 Å². The number of thioether (sulfide) groups is 1. The van der Waals surface area contributed by atoms with Crippen molar-refractivity contribution < 1.29 is 9.59 Å². The molecule has 0 saturated carbocycles. The van der Waals surface area contributed by atoms with E-state index in [-0.39, 0.29) is 11.0 Å². The fourth-order valence-corrected chi connectivity index (χ4v) is 1.35. The number of rotatable bonds is 7. The number of amides is 1. The minimum absolute atomic E-state index is 0.129. The third kappa shape index (κ3) is 8.45. The fraction of sp³-hybridized carbons (Fsp3) is 0.417. The van der Waals surface area contributed by atoms with Gasteiger partial charge in [0.25, 0.3) is 0 Å². The van der Waals surface area contributed by atoms with Crippen LogP contribution < -0.4 is 5.32 Å². The molecule has 0 bridgehead atoms. The van der Waals surface area contributed by atoms with Crippen LogP contribution in [0.25, 0.3) is 0 Å². The van der Waals surface area contributed by atoms with E-state index in [1.165, 1.54) is 18.0 Å². The van der Waals surface area contributed by atoms with E-state index >= 15 is 0 Å². The van der Waals surface area contributed by atoms with E-state index in [0.717, 1.165) is 0 Å². The lowest BCUT2D eigenvalue weighted by Gasteiger charge is -2.03. The molecule has 0 aliphatic carbocycles. The highest BCUT2D eigenvalue weighted by molar-refractivity contribution is 8.13. The van der Waals surface area contributed by atoms with Gasteiger partial charge in [0.2, 0.25) is 5.91 Å². The summed E-state index contributed by atoms with van der Waals surface area (Å²) in [6.45, 7) is 5.52. The van der Waals surface area contributed by atoms with Gasteiger partial charge in [0.1, 0.15) is 0 Å². The zero-order valence-electron chi connectivity index (χ0n) is 10.2. The maximum Gasteiger partial charge on any atom is 0.246 e. The Hall–Kier alpha value is -1.36. The molecule has 1 amide bonds. The van der Waals surface area contributed by atoms with Crippen LogP contribution in [0.15, 0.2) is 28.9 Å². The van der Waals surface area contributed by atoms with E-state index in [1.807, 2.05) is 0 Å². The van der Waals surface area contributed by atoms with Crippen molar-refractivity contribution in [2.75, 3.05) is 12.8 Å². The Morgan fingerprint density at radius 1 is 1.47 bits per heavy atom. The monoisotopic (exact) mass is 254 g/mol. The first kappa shape index (κ1) is 15.6. The van der Waals surface area contributed by atoms with Crippen molar-refractivity contribution in [1.82, 2.24) is 5.32 Å². The number of nitrogens with zero attached hydrogens (tertiary/aromatic N) is 1.